The van der Waals surface area contributed by atoms with Gasteiger partial charge in [-0.3, -0.25) is 0 Å². The van der Waals surface area contributed by atoms with Gasteiger partial charge in [0.25, 0.3) is 0 Å². The monoisotopic (exact) mass is 229 g/mol. The molecule has 2 N–H and O–H groups in total. The summed E-state index contributed by atoms with van der Waals surface area (Å²) in [7, 11) is 0. The van der Waals surface area contributed by atoms with Crippen LogP contribution in [0.2, 0.25) is 0 Å². The summed E-state index contributed by atoms with van der Waals surface area (Å²) in [6, 6.07) is 7.36. The summed E-state index contributed by atoms with van der Waals surface area (Å²) in [5.74, 6) is 1.15. The molecule has 0 amide bonds. The minimum atomic E-state index is 0.704. The summed E-state index contributed by atoms with van der Waals surface area (Å²) in [4.78, 5) is 4.67. The summed E-state index contributed by atoms with van der Waals surface area (Å²) in [5.41, 5.74) is 9.33. The SMILES string of the molecule is Cc1nc2cc(CCCN)ccc2n1C1CC1. The molecule has 2 aromatic rings. The van der Waals surface area contributed by atoms with E-state index in [-0.39, 0.29) is 0 Å². The van der Waals surface area contributed by atoms with Crippen LogP contribution in [-0.4, -0.2) is 16.1 Å². The molecule has 90 valence electrons. The Morgan fingerprint density at radius 1 is 1.41 bits per heavy atom. The van der Waals surface area contributed by atoms with Crippen LogP contribution in [0, 0.1) is 6.92 Å². The van der Waals surface area contributed by atoms with Crippen molar-refractivity contribution in [1.29, 1.82) is 0 Å². The Morgan fingerprint density at radius 3 is 2.94 bits per heavy atom. The van der Waals surface area contributed by atoms with Gasteiger partial charge in [0.15, 0.2) is 0 Å². The fourth-order valence-corrected chi connectivity index (χ4v) is 2.52. The van der Waals surface area contributed by atoms with Crippen molar-refractivity contribution in [3.05, 3.63) is 29.6 Å². The van der Waals surface area contributed by atoms with Crippen LogP contribution in [0.5, 0.6) is 0 Å². The molecule has 17 heavy (non-hydrogen) atoms. The quantitative estimate of drug-likeness (QED) is 0.875. The number of nitrogens with two attached hydrogens (primary N) is 1. The first-order valence-corrected chi connectivity index (χ1v) is 6.47. The number of aryl methyl sites for hydroxylation is 2. The molecular formula is C14H19N3. The first-order valence-electron chi connectivity index (χ1n) is 6.47. The highest BCUT2D eigenvalue weighted by atomic mass is 15.1. The minimum Gasteiger partial charge on any atom is -0.330 e. The summed E-state index contributed by atoms with van der Waals surface area (Å²) in [6.07, 6.45) is 4.72. The average Bonchev–Trinajstić information content (AvgIpc) is 3.09. The fourth-order valence-electron chi connectivity index (χ4n) is 2.52. The van der Waals surface area contributed by atoms with Crippen molar-refractivity contribution in [3.63, 3.8) is 0 Å². The Kier molecular flexibility index (Phi) is 2.63. The van der Waals surface area contributed by atoms with E-state index in [0.29, 0.717) is 6.04 Å². The standard InChI is InChI=1S/C14H19N3/c1-10-16-13-9-11(3-2-8-15)4-7-14(13)17(10)12-5-6-12/h4,7,9,12H,2-3,5-6,8,15H2,1H3. The maximum absolute atomic E-state index is 5.55. The number of nitrogens with zero attached hydrogens (tertiary/aromatic N) is 2. The van der Waals surface area contributed by atoms with Crippen molar-refractivity contribution >= 4 is 11.0 Å². The molecule has 0 unspecified atom stereocenters. The second-order valence-electron chi connectivity index (χ2n) is 4.98. The number of fused-ring (bicyclic) bond motifs is 1. The molecule has 1 aromatic heterocycles. The number of aromatic nitrogens is 2. The molecule has 3 heteroatoms. The lowest BCUT2D eigenvalue weighted by Gasteiger charge is -2.04. The molecular weight excluding hydrogens is 210 g/mol. The maximum atomic E-state index is 5.55. The zero-order valence-corrected chi connectivity index (χ0v) is 10.3. The Bertz CT molecular complexity index is 538. The van der Waals surface area contributed by atoms with Crippen LogP contribution in [0.25, 0.3) is 11.0 Å². The second kappa shape index (κ2) is 4.15. The van der Waals surface area contributed by atoms with E-state index in [1.54, 1.807) is 0 Å². The summed E-state index contributed by atoms with van der Waals surface area (Å²) < 4.78 is 2.39. The van der Waals surface area contributed by atoms with Gasteiger partial charge in [-0.05, 0) is 56.8 Å². The highest BCUT2D eigenvalue weighted by Crippen LogP contribution is 2.38. The van der Waals surface area contributed by atoms with Gasteiger partial charge in [0, 0.05) is 6.04 Å². The van der Waals surface area contributed by atoms with Crippen molar-refractivity contribution in [2.75, 3.05) is 6.54 Å². The predicted molar refractivity (Wildman–Crippen MR) is 70.1 cm³/mol. The van der Waals surface area contributed by atoms with Crippen LogP contribution in [0.1, 0.15) is 36.7 Å². The Labute approximate surface area is 102 Å². The molecule has 1 heterocycles. The summed E-state index contributed by atoms with van der Waals surface area (Å²) >= 11 is 0. The number of rotatable bonds is 4. The normalized spacial score (nSPS) is 15.6. The van der Waals surface area contributed by atoms with E-state index in [1.807, 2.05) is 0 Å². The van der Waals surface area contributed by atoms with Crippen molar-refractivity contribution in [2.24, 2.45) is 5.73 Å². The van der Waals surface area contributed by atoms with Gasteiger partial charge >= 0.3 is 0 Å². The Balaban J connectivity index is 2.00. The predicted octanol–water partition coefficient (Wildman–Crippen LogP) is 2.57. The van der Waals surface area contributed by atoms with E-state index in [4.69, 9.17) is 5.73 Å². The van der Waals surface area contributed by atoms with Crippen molar-refractivity contribution < 1.29 is 0 Å². The van der Waals surface area contributed by atoms with Crippen molar-refractivity contribution in [2.45, 2.75) is 38.6 Å². The molecule has 0 aliphatic heterocycles. The van der Waals surface area contributed by atoms with Crippen LogP contribution in [0.15, 0.2) is 18.2 Å². The molecule has 1 aliphatic rings. The molecule has 0 spiro atoms. The van der Waals surface area contributed by atoms with Gasteiger partial charge in [0.05, 0.1) is 11.0 Å². The molecule has 1 fully saturated rings. The van der Waals surface area contributed by atoms with Gasteiger partial charge in [-0.2, -0.15) is 0 Å². The number of hydrogen-bond donors (Lipinski definition) is 1. The van der Waals surface area contributed by atoms with E-state index in [0.717, 1.165) is 30.7 Å². The van der Waals surface area contributed by atoms with Crippen molar-refractivity contribution in [1.82, 2.24) is 9.55 Å². The van der Waals surface area contributed by atoms with Gasteiger partial charge in [0.1, 0.15) is 5.82 Å². The van der Waals surface area contributed by atoms with Crippen LogP contribution < -0.4 is 5.73 Å². The zero-order chi connectivity index (χ0) is 11.8. The van der Waals surface area contributed by atoms with Crippen LogP contribution in [-0.2, 0) is 6.42 Å². The molecule has 1 saturated carbocycles. The first kappa shape index (κ1) is 10.8. The summed E-state index contributed by atoms with van der Waals surface area (Å²) in [5, 5.41) is 0. The molecule has 0 bridgehead atoms. The van der Waals surface area contributed by atoms with Crippen LogP contribution in [0.4, 0.5) is 0 Å². The highest BCUT2D eigenvalue weighted by Gasteiger charge is 2.26. The third kappa shape index (κ3) is 1.95. The maximum Gasteiger partial charge on any atom is 0.106 e. The fraction of sp³-hybridized carbons (Fsp3) is 0.500. The lowest BCUT2D eigenvalue weighted by atomic mass is 10.1. The van der Waals surface area contributed by atoms with Gasteiger partial charge in [-0.25, -0.2) is 4.98 Å². The third-order valence-corrected chi connectivity index (χ3v) is 3.51. The molecule has 1 aliphatic carbocycles. The Hall–Kier alpha value is -1.35. The third-order valence-electron chi connectivity index (χ3n) is 3.51. The van der Waals surface area contributed by atoms with Crippen LogP contribution in [0.3, 0.4) is 0 Å². The second-order valence-corrected chi connectivity index (χ2v) is 4.98. The molecule has 3 nitrogen and oxygen atoms in total. The van der Waals surface area contributed by atoms with Crippen molar-refractivity contribution in [3.8, 4) is 0 Å². The van der Waals surface area contributed by atoms with Crippen LogP contribution >= 0.6 is 0 Å². The van der Waals surface area contributed by atoms with Gasteiger partial charge < -0.3 is 10.3 Å². The number of hydrogen-bond acceptors (Lipinski definition) is 2. The van der Waals surface area contributed by atoms with E-state index in [2.05, 4.69) is 34.7 Å². The lowest BCUT2D eigenvalue weighted by Crippen LogP contribution is -2.00. The van der Waals surface area contributed by atoms with E-state index >= 15 is 0 Å². The molecule has 1 aromatic carbocycles. The molecule has 0 atom stereocenters. The molecule has 0 saturated heterocycles. The van der Waals surface area contributed by atoms with E-state index in [9.17, 15) is 0 Å². The zero-order valence-electron chi connectivity index (χ0n) is 10.3. The minimum absolute atomic E-state index is 0.704. The topological polar surface area (TPSA) is 43.8 Å². The number of benzene rings is 1. The largest absolute Gasteiger partial charge is 0.330 e. The molecule has 3 rings (SSSR count). The average molecular weight is 229 g/mol. The Morgan fingerprint density at radius 2 is 2.24 bits per heavy atom. The highest BCUT2D eigenvalue weighted by molar-refractivity contribution is 5.77. The van der Waals surface area contributed by atoms with Gasteiger partial charge in [0.2, 0.25) is 0 Å². The lowest BCUT2D eigenvalue weighted by molar-refractivity contribution is 0.734. The van der Waals surface area contributed by atoms with E-state index in [1.165, 1.54) is 23.9 Å². The van der Waals surface area contributed by atoms with Gasteiger partial charge in [-0.1, -0.05) is 6.07 Å². The van der Waals surface area contributed by atoms with E-state index < -0.39 is 0 Å². The summed E-state index contributed by atoms with van der Waals surface area (Å²) in [6.45, 7) is 2.87. The molecule has 0 radical (unpaired) electrons. The smallest absolute Gasteiger partial charge is 0.106 e. The van der Waals surface area contributed by atoms with Gasteiger partial charge in [-0.15, -0.1) is 0 Å². The first-order chi connectivity index (χ1) is 8.29. The number of imidazole rings is 1.